The number of carbonyl (C=O) groups excluding carboxylic acids is 1. The third kappa shape index (κ3) is 2.96. The molecule has 4 unspecified atom stereocenters. The highest BCUT2D eigenvalue weighted by Gasteiger charge is 2.76. The molecule has 156 valence electrons. The van der Waals surface area contributed by atoms with Gasteiger partial charge in [0.15, 0.2) is 5.82 Å². The van der Waals surface area contributed by atoms with Crippen LogP contribution in [-0.2, 0) is 0 Å². The van der Waals surface area contributed by atoms with Crippen molar-refractivity contribution in [3.8, 4) is 17.4 Å². The van der Waals surface area contributed by atoms with Crippen LogP contribution < -0.4 is 4.74 Å². The first kappa shape index (κ1) is 18.9. The summed E-state index contributed by atoms with van der Waals surface area (Å²) in [5.74, 6) is 1.60. The van der Waals surface area contributed by atoms with Gasteiger partial charge in [-0.05, 0) is 65.9 Å². The Balaban J connectivity index is 1.30. The lowest BCUT2D eigenvalue weighted by atomic mass is 9.73. The largest absolute Gasteiger partial charge is 0.472 e. The minimum atomic E-state index is -0.0417. The number of halogens is 1. The molecule has 4 heterocycles. The predicted molar refractivity (Wildman–Crippen MR) is 116 cm³/mol. The number of aromatic nitrogens is 4. The number of aryl methyl sites for hydroxylation is 1. The molecule has 0 radical (unpaired) electrons. The van der Waals surface area contributed by atoms with E-state index in [1.54, 1.807) is 24.7 Å². The Morgan fingerprint density at radius 1 is 1.16 bits per heavy atom. The summed E-state index contributed by atoms with van der Waals surface area (Å²) in [5, 5.41) is 0. The molecule has 0 aromatic carbocycles. The van der Waals surface area contributed by atoms with E-state index in [1.807, 2.05) is 36.1 Å². The van der Waals surface area contributed by atoms with Crippen LogP contribution in [-0.4, -0.2) is 49.4 Å². The van der Waals surface area contributed by atoms with E-state index in [-0.39, 0.29) is 23.5 Å². The van der Waals surface area contributed by atoms with Gasteiger partial charge in [0.2, 0.25) is 5.88 Å². The van der Waals surface area contributed by atoms with Crippen molar-refractivity contribution in [1.82, 2.24) is 24.8 Å². The van der Waals surface area contributed by atoms with E-state index in [0.29, 0.717) is 28.9 Å². The Morgan fingerprint density at radius 3 is 2.77 bits per heavy atom. The molecule has 31 heavy (non-hydrogen) atoms. The number of carbonyl (C=O) groups is 1. The van der Waals surface area contributed by atoms with Crippen LogP contribution in [0.1, 0.15) is 28.9 Å². The number of hydrogen-bond donors (Lipinski definition) is 0. The highest BCUT2D eigenvalue weighted by Crippen LogP contribution is 2.71. The van der Waals surface area contributed by atoms with Gasteiger partial charge in [-0.1, -0.05) is 0 Å². The molecule has 7 nitrogen and oxygen atoms in total. The maximum absolute atomic E-state index is 13.7. The van der Waals surface area contributed by atoms with Gasteiger partial charge in [-0.3, -0.25) is 4.79 Å². The first-order chi connectivity index (χ1) is 15.0. The van der Waals surface area contributed by atoms with E-state index < -0.39 is 0 Å². The quantitative estimate of drug-likeness (QED) is 0.569. The molecule has 1 aliphatic heterocycles. The number of rotatable bonds is 4. The van der Waals surface area contributed by atoms with Crippen LogP contribution in [0.15, 0.2) is 53.4 Å². The van der Waals surface area contributed by atoms with E-state index in [9.17, 15) is 4.79 Å². The van der Waals surface area contributed by atoms with Crippen LogP contribution >= 0.6 is 15.9 Å². The van der Waals surface area contributed by atoms with E-state index in [1.165, 1.54) is 6.42 Å². The maximum Gasteiger partial charge on any atom is 0.256 e. The summed E-state index contributed by atoms with van der Waals surface area (Å²) in [5.41, 5.74) is 2.12. The summed E-state index contributed by atoms with van der Waals surface area (Å²) >= 11 is 3.40. The van der Waals surface area contributed by atoms with Crippen molar-refractivity contribution in [3.63, 3.8) is 0 Å². The number of ether oxygens (including phenoxy) is 1. The molecule has 8 heteroatoms. The van der Waals surface area contributed by atoms with Crippen LogP contribution in [0.4, 0.5) is 0 Å². The van der Waals surface area contributed by atoms with Crippen molar-refractivity contribution < 1.29 is 9.53 Å². The normalized spacial score (nSPS) is 27.8. The lowest BCUT2D eigenvalue weighted by molar-refractivity contribution is -0.0345. The molecule has 3 aromatic heterocycles. The third-order valence-corrected chi connectivity index (χ3v) is 7.30. The van der Waals surface area contributed by atoms with Gasteiger partial charge < -0.3 is 9.64 Å². The molecule has 3 aromatic rings. The molecule has 0 bridgehead atoms. The summed E-state index contributed by atoms with van der Waals surface area (Å²) in [6, 6.07) is 9.31. The number of pyridine rings is 2. The van der Waals surface area contributed by atoms with Gasteiger partial charge in [0.05, 0.1) is 11.6 Å². The van der Waals surface area contributed by atoms with Crippen molar-refractivity contribution in [1.29, 1.82) is 0 Å². The van der Waals surface area contributed by atoms with Crippen molar-refractivity contribution in [2.75, 3.05) is 6.54 Å². The summed E-state index contributed by atoms with van der Waals surface area (Å²) in [6.07, 6.45) is 7.18. The summed E-state index contributed by atoms with van der Waals surface area (Å²) in [6.45, 7) is 2.67. The summed E-state index contributed by atoms with van der Waals surface area (Å²) in [4.78, 5) is 33.3. The zero-order valence-electron chi connectivity index (χ0n) is 16.9. The molecule has 3 fully saturated rings. The molecule has 1 saturated heterocycles. The molecule has 1 spiro atoms. The van der Waals surface area contributed by atoms with Crippen molar-refractivity contribution >= 4 is 21.8 Å². The summed E-state index contributed by atoms with van der Waals surface area (Å²) in [7, 11) is 0. The fourth-order valence-electron chi connectivity index (χ4n) is 5.32. The minimum absolute atomic E-state index is 0.0245. The number of piperidine rings is 1. The molecule has 4 atom stereocenters. The topological polar surface area (TPSA) is 81.1 Å². The molecule has 0 N–H and O–H groups in total. The zero-order chi connectivity index (χ0) is 21.2. The van der Waals surface area contributed by atoms with E-state index in [0.717, 1.165) is 23.1 Å². The van der Waals surface area contributed by atoms with Gasteiger partial charge in [0.1, 0.15) is 11.8 Å². The minimum Gasteiger partial charge on any atom is -0.472 e. The fourth-order valence-corrected chi connectivity index (χ4v) is 5.55. The second kappa shape index (κ2) is 6.82. The zero-order valence-corrected chi connectivity index (χ0v) is 18.5. The Bertz CT molecular complexity index is 1170. The van der Waals surface area contributed by atoms with Crippen molar-refractivity contribution in [3.05, 3.63) is 64.7 Å². The second-order valence-electron chi connectivity index (χ2n) is 8.63. The monoisotopic (exact) mass is 477 g/mol. The third-order valence-electron chi connectivity index (χ3n) is 6.83. The van der Waals surface area contributed by atoms with Gasteiger partial charge in [-0.25, -0.2) is 19.9 Å². The first-order valence-corrected chi connectivity index (χ1v) is 11.2. The number of nitrogens with zero attached hydrogens (tertiary/aromatic N) is 5. The number of likely N-dealkylation sites (tertiary alicyclic amines) is 1. The Labute approximate surface area is 188 Å². The SMILES string of the molecule is Cc1ccc(C(=O)N2CC3CC34CC(Oc3ccc(Br)cn3)C24)c(-c2ncccn2)n1. The lowest BCUT2D eigenvalue weighted by Gasteiger charge is -2.47. The molecule has 1 amide bonds. The average Bonchev–Trinajstić information content (AvgIpc) is 3.43. The van der Waals surface area contributed by atoms with Gasteiger partial charge in [0, 0.05) is 46.8 Å². The van der Waals surface area contributed by atoms with Crippen LogP contribution in [0.3, 0.4) is 0 Å². The fraction of sp³-hybridized carbons (Fsp3) is 0.348. The molecule has 3 aliphatic rings. The average molecular weight is 478 g/mol. The molecule has 2 aliphatic carbocycles. The van der Waals surface area contributed by atoms with Crippen LogP contribution in [0.25, 0.3) is 11.5 Å². The van der Waals surface area contributed by atoms with Gasteiger partial charge in [-0.2, -0.15) is 0 Å². The predicted octanol–water partition coefficient (Wildman–Crippen LogP) is 3.69. The molecule has 2 saturated carbocycles. The smallest absolute Gasteiger partial charge is 0.256 e. The Kier molecular flexibility index (Phi) is 4.15. The highest BCUT2D eigenvalue weighted by molar-refractivity contribution is 9.10. The molecular formula is C23H20BrN5O2. The summed E-state index contributed by atoms with van der Waals surface area (Å²) < 4.78 is 7.10. The second-order valence-corrected chi connectivity index (χ2v) is 9.55. The van der Waals surface area contributed by atoms with Crippen LogP contribution in [0.2, 0.25) is 0 Å². The lowest BCUT2D eigenvalue weighted by Crippen LogP contribution is -2.59. The van der Waals surface area contributed by atoms with Crippen LogP contribution in [0.5, 0.6) is 5.88 Å². The van der Waals surface area contributed by atoms with Gasteiger partial charge in [-0.15, -0.1) is 0 Å². The van der Waals surface area contributed by atoms with E-state index >= 15 is 0 Å². The van der Waals surface area contributed by atoms with E-state index in [2.05, 4.69) is 35.9 Å². The molecule has 6 rings (SSSR count). The first-order valence-electron chi connectivity index (χ1n) is 10.4. The van der Waals surface area contributed by atoms with E-state index in [4.69, 9.17) is 4.74 Å². The Morgan fingerprint density at radius 2 is 2.00 bits per heavy atom. The van der Waals surface area contributed by atoms with Crippen molar-refractivity contribution in [2.45, 2.75) is 31.9 Å². The standard InChI is InChI=1S/C23H20BrN5O2/c1-13-3-5-16(19(28-13)21-25-7-2-8-26-21)22(30)29-12-14-9-23(14)10-17(20(23)29)31-18-6-4-15(24)11-27-18/h2-8,11,14,17,20H,9-10,12H2,1H3. The maximum atomic E-state index is 13.7. The van der Waals surface area contributed by atoms with Crippen molar-refractivity contribution in [2.24, 2.45) is 11.3 Å². The number of hydrogen-bond acceptors (Lipinski definition) is 6. The van der Waals surface area contributed by atoms with Gasteiger partial charge >= 0.3 is 0 Å². The molecular weight excluding hydrogens is 458 g/mol. The highest BCUT2D eigenvalue weighted by atomic mass is 79.9. The van der Waals surface area contributed by atoms with Crippen LogP contribution in [0, 0.1) is 18.3 Å². The van der Waals surface area contributed by atoms with Gasteiger partial charge in [0.25, 0.3) is 5.91 Å². The Hall–Kier alpha value is -2.87. The number of amides is 1.